The highest BCUT2D eigenvalue weighted by atomic mass is 16.5. The molecule has 0 saturated heterocycles. The summed E-state index contributed by atoms with van der Waals surface area (Å²) in [6.07, 6.45) is 9.59. The number of unbranched alkanes of at least 4 members (excludes halogenated alkanes) is 3. The zero-order valence-corrected chi connectivity index (χ0v) is 22.9. The van der Waals surface area contributed by atoms with Gasteiger partial charge in [-0.05, 0) is 91.6 Å². The molecule has 40 heavy (non-hydrogen) atoms. The van der Waals surface area contributed by atoms with E-state index in [1.807, 2.05) is 42.5 Å². The van der Waals surface area contributed by atoms with Crippen molar-refractivity contribution in [2.45, 2.75) is 38.5 Å². The summed E-state index contributed by atoms with van der Waals surface area (Å²) in [5.74, 6) is 1.62. The smallest absolute Gasteiger partial charge is 0.185 e. The van der Waals surface area contributed by atoms with Gasteiger partial charge in [0.15, 0.2) is 5.78 Å². The molecule has 4 rings (SSSR count). The van der Waals surface area contributed by atoms with Crippen LogP contribution in [0.4, 0.5) is 11.4 Å². The van der Waals surface area contributed by atoms with E-state index in [0.717, 1.165) is 49.8 Å². The van der Waals surface area contributed by atoms with Crippen LogP contribution in [0.3, 0.4) is 0 Å². The number of carbonyl (C=O) groups is 1. The highest BCUT2D eigenvalue weighted by molar-refractivity contribution is 6.06. The van der Waals surface area contributed by atoms with Gasteiger partial charge in [0.05, 0.1) is 18.9 Å². The number of nitrogens with two attached hydrogens (primary N) is 2. The molecule has 0 aliphatic heterocycles. The molecule has 0 unspecified atom stereocenters. The van der Waals surface area contributed by atoms with Crippen LogP contribution >= 0.6 is 0 Å². The Hall–Kier alpha value is -4.51. The lowest BCUT2D eigenvalue weighted by atomic mass is 10.0. The summed E-state index contributed by atoms with van der Waals surface area (Å²) in [6.45, 7) is 1.36. The summed E-state index contributed by atoms with van der Waals surface area (Å²) in [6, 6.07) is 31.4. The Morgan fingerprint density at radius 2 is 1.30 bits per heavy atom. The molecule has 0 saturated carbocycles. The van der Waals surface area contributed by atoms with Crippen molar-refractivity contribution in [3.63, 3.8) is 0 Å². The molecular formula is C35H38N2O3. The summed E-state index contributed by atoms with van der Waals surface area (Å²) < 4.78 is 11.7. The van der Waals surface area contributed by atoms with E-state index >= 15 is 0 Å². The normalized spacial score (nSPS) is 11.0. The molecular weight excluding hydrogens is 496 g/mol. The van der Waals surface area contributed by atoms with Crippen LogP contribution in [0.15, 0.2) is 103 Å². The van der Waals surface area contributed by atoms with Crippen LogP contribution in [-0.2, 0) is 12.8 Å². The fourth-order valence-electron chi connectivity index (χ4n) is 4.34. The van der Waals surface area contributed by atoms with E-state index in [0.29, 0.717) is 35.9 Å². The number of hydrogen-bond acceptors (Lipinski definition) is 5. The molecule has 0 aliphatic carbocycles. The van der Waals surface area contributed by atoms with E-state index < -0.39 is 0 Å². The van der Waals surface area contributed by atoms with Crippen molar-refractivity contribution in [2.75, 3.05) is 24.7 Å². The minimum Gasteiger partial charge on any atom is -0.494 e. The monoisotopic (exact) mass is 534 g/mol. The maximum Gasteiger partial charge on any atom is 0.185 e. The third kappa shape index (κ3) is 9.35. The summed E-state index contributed by atoms with van der Waals surface area (Å²) in [7, 11) is 0. The van der Waals surface area contributed by atoms with Gasteiger partial charge in [-0.1, -0.05) is 72.8 Å². The molecule has 0 spiro atoms. The minimum atomic E-state index is 0.0138. The van der Waals surface area contributed by atoms with Crippen molar-refractivity contribution in [1.29, 1.82) is 0 Å². The Morgan fingerprint density at radius 1 is 0.675 bits per heavy atom. The first-order chi connectivity index (χ1) is 19.6. The number of rotatable bonds is 15. The summed E-state index contributed by atoms with van der Waals surface area (Å²) in [5, 5.41) is 0. The molecule has 0 bridgehead atoms. The maximum absolute atomic E-state index is 12.2. The fraction of sp³-hybridized carbons (Fsp3) is 0.229. The van der Waals surface area contributed by atoms with Crippen LogP contribution in [0.5, 0.6) is 11.5 Å². The van der Waals surface area contributed by atoms with Crippen LogP contribution in [0.2, 0.25) is 0 Å². The average molecular weight is 535 g/mol. The number of benzene rings is 4. The zero-order valence-electron chi connectivity index (χ0n) is 22.9. The quantitative estimate of drug-likeness (QED) is 0.0711. The first-order valence-corrected chi connectivity index (χ1v) is 13.9. The SMILES string of the molecule is Nc1ccc(OCCCCCCOc2ccc(CCc3ccc(C=CC(=O)c4ccccc4)cc3)cc2)c(N)c1. The molecule has 4 N–H and O–H groups in total. The lowest BCUT2D eigenvalue weighted by Gasteiger charge is -2.10. The van der Waals surface area contributed by atoms with E-state index in [2.05, 4.69) is 48.5 Å². The van der Waals surface area contributed by atoms with E-state index in [9.17, 15) is 4.79 Å². The maximum atomic E-state index is 12.2. The largest absolute Gasteiger partial charge is 0.494 e. The predicted octanol–water partition coefficient (Wildman–Crippen LogP) is 7.55. The summed E-state index contributed by atoms with van der Waals surface area (Å²) in [4.78, 5) is 12.2. The number of carbonyl (C=O) groups excluding carboxylic acids is 1. The zero-order chi connectivity index (χ0) is 28.0. The van der Waals surface area contributed by atoms with Gasteiger partial charge in [0, 0.05) is 11.3 Å². The first-order valence-electron chi connectivity index (χ1n) is 13.9. The molecule has 0 atom stereocenters. The predicted molar refractivity (Wildman–Crippen MR) is 165 cm³/mol. The molecule has 4 aromatic rings. The molecule has 0 aliphatic rings. The van der Waals surface area contributed by atoms with Gasteiger partial charge >= 0.3 is 0 Å². The van der Waals surface area contributed by atoms with Crippen LogP contribution in [-0.4, -0.2) is 19.0 Å². The number of nitrogen functional groups attached to an aromatic ring is 2. The fourth-order valence-corrected chi connectivity index (χ4v) is 4.34. The first kappa shape index (κ1) is 28.5. The lowest BCUT2D eigenvalue weighted by molar-refractivity contribution is 0.104. The van der Waals surface area contributed by atoms with E-state index in [4.69, 9.17) is 20.9 Å². The molecule has 0 heterocycles. The Balaban J connectivity index is 1.09. The number of aryl methyl sites for hydroxylation is 2. The van der Waals surface area contributed by atoms with Crippen LogP contribution in [0, 0.1) is 0 Å². The van der Waals surface area contributed by atoms with Gasteiger partial charge in [0.1, 0.15) is 11.5 Å². The molecule has 5 nitrogen and oxygen atoms in total. The second kappa shape index (κ2) is 15.2. The Labute approximate surface area is 237 Å². The van der Waals surface area contributed by atoms with Gasteiger partial charge < -0.3 is 20.9 Å². The third-order valence-electron chi connectivity index (χ3n) is 6.69. The van der Waals surface area contributed by atoms with Crippen LogP contribution in [0.25, 0.3) is 6.08 Å². The molecule has 4 aromatic carbocycles. The number of anilines is 2. The summed E-state index contributed by atoms with van der Waals surface area (Å²) >= 11 is 0. The van der Waals surface area contributed by atoms with Gasteiger partial charge in [-0.15, -0.1) is 0 Å². The molecule has 0 fully saturated rings. The molecule has 0 aromatic heterocycles. The Kier molecular flexibility index (Phi) is 10.8. The number of allylic oxidation sites excluding steroid dienone is 1. The molecule has 0 amide bonds. The van der Waals surface area contributed by atoms with E-state index in [1.165, 1.54) is 11.1 Å². The molecule has 0 radical (unpaired) electrons. The minimum absolute atomic E-state index is 0.0138. The summed E-state index contributed by atoms with van der Waals surface area (Å²) in [5.41, 5.74) is 17.1. The van der Waals surface area contributed by atoms with Crippen molar-refractivity contribution in [3.05, 3.63) is 125 Å². The Morgan fingerprint density at radius 3 is 1.95 bits per heavy atom. The van der Waals surface area contributed by atoms with E-state index in [-0.39, 0.29) is 5.78 Å². The lowest BCUT2D eigenvalue weighted by Crippen LogP contribution is -2.02. The third-order valence-corrected chi connectivity index (χ3v) is 6.69. The topological polar surface area (TPSA) is 87.6 Å². The van der Waals surface area contributed by atoms with Crippen LogP contribution in [0.1, 0.15) is 52.7 Å². The number of ketones is 1. The Bertz CT molecular complexity index is 1360. The van der Waals surface area contributed by atoms with Gasteiger partial charge in [0.2, 0.25) is 0 Å². The second-order valence-electron chi connectivity index (χ2n) is 9.86. The van der Waals surface area contributed by atoms with Gasteiger partial charge in [-0.3, -0.25) is 4.79 Å². The van der Waals surface area contributed by atoms with Crippen LogP contribution < -0.4 is 20.9 Å². The van der Waals surface area contributed by atoms with Crippen molar-refractivity contribution in [3.8, 4) is 11.5 Å². The number of hydrogen-bond donors (Lipinski definition) is 2. The van der Waals surface area contributed by atoms with Gasteiger partial charge in [-0.25, -0.2) is 0 Å². The average Bonchev–Trinajstić information content (AvgIpc) is 2.98. The van der Waals surface area contributed by atoms with Crippen molar-refractivity contribution >= 4 is 23.2 Å². The van der Waals surface area contributed by atoms with Gasteiger partial charge in [-0.2, -0.15) is 0 Å². The highest BCUT2D eigenvalue weighted by Gasteiger charge is 2.02. The van der Waals surface area contributed by atoms with E-state index in [1.54, 1.807) is 18.2 Å². The van der Waals surface area contributed by atoms with Crippen molar-refractivity contribution in [2.24, 2.45) is 0 Å². The second-order valence-corrected chi connectivity index (χ2v) is 9.86. The standard InChI is InChI=1S/C35H38N2O3/c36-31-19-23-35(33(37)26-31)40-25-7-2-1-6-24-39-32-20-16-29(17-21-32)15-12-27-10-13-28(14-11-27)18-22-34(38)30-8-4-3-5-9-30/h3-5,8-11,13-14,16-23,26H,1-2,6-7,12,15,24-25,36-37H2. The molecule has 206 valence electrons. The molecule has 5 heteroatoms. The van der Waals surface area contributed by atoms with Crippen molar-refractivity contribution in [1.82, 2.24) is 0 Å². The van der Waals surface area contributed by atoms with Crippen molar-refractivity contribution < 1.29 is 14.3 Å². The highest BCUT2D eigenvalue weighted by Crippen LogP contribution is 2.24. The van der Waals surface area contributed by atoms with Gasteiger partial charge in [0.25, 0.3) is 0 Å². The number of ether oxygens (including phenoxy) is 2.